The third kappa shape index (κ3) is 3.61. The van der Waals surface area contributed by atoms with E-state index in [4.69, 9.17) is 4.52 Å². The summed E-state index contributed by atoms with van der Waals surface area (Å²) in [5.74, 6) is 1.38. The van der Waals surface area contributed by atoms with Gasteiger partial charge in [-0.1, -0.05) is 12.1 Å². The van der Waals surface area contributed by atoms with Gasteiger partial charge in [0, 0.05) is 23.9 Å². The van der Waals surface area contributed by atoms with Crippen LogP contribution >= 0.6 is 11.3 Å². The maximum absolute atomic E-state index is 5.09. The molecule has 104 valence electrons. The van der Waals surface area contributed by atoms with Gasteiger partial charge in [-0.2, -0.15) is 4.98 Å². The number of aromatic nitrogens is 3. The molecule has 0 saturated carbocycles. The molecule has 0 saturated heterocycles. The molecule has 1 N–H and O–H groups in total. The second-order valence-corrected chi connectivity index (χ2v) is 5.69. The summed E-state index contributed by atoms with van der Waals surface area (Å²) in [6.45, 7) is 9.03. The van der Waals surface area contributed by atoms with Gasteiger partial charge in [-0.15, -0.1) is 11.3 Å². The first-order chi connectivity index (χ1) is 9.10. The maximum atomic E-state index is 5.09. The van der Waals surface area contributed by atoms with E-state index in [-0.39, 0.29) is 0 Å². The smallest absolute Gasteiger partial charge is 0.227 e. The van der Waals surface area contributed by atoms with Crippen LogP contribution in [-0.4, -0.2) is 21.7 Å². The van der Waals surface area contributed by atoms with Gasteiger partial charge >= 0.3 is 0 Å². The molecule has 2 heterocycles. The van der Waals surface area contributed by atoms with Crippen molar-refractivity contribution in [1.29, 1.82) is 0 Å². The molecule has 0 aliphatic rings. The lowest BCUT2D eigenvalue weighted by Crippen LogP contribution is -2.21. The van der Waals surface area contributed by atoms with E-state index in [9.17, 15) is 0 Å². The number of thiazole rings is 1. The summed E-state index contributed by atoms with van der Waals surface area (Å²) < 4.78 is 5.09. The Hall–Kier alpha value is -1.27. The molecular weight excluding hydrogens is 260 g/mol. The van der Waals surface area contributed by atoms with Crippen LogP contribution in [0.2, 0.25) is 0 Å². The highest BCUT2D eigenvalue weighted by Gasteiger charge is 2.13. The van der Waals surface area contributed by atoms with Crippen LogP contribution in [0.25, 0.3) is 0 Å². The number of nitrogens with one attached hydrogen (secondary N) is 1. The predicted molar refractivity (Wildman–Crippen MR) is 75.4 cm³/mol. The Morgan fingerprint density at radius 1 is 1.32 bits per heavy atom. The molecule has 2 aromatic rings. The van der Waals surface area contributed by atoms with Crippen molar-refractivity contribution in [3.05, 3.63) is 27.3 Å². The molecule has 0 radical (unpaired) electrons. The van der Waals surface area contributed by atoms with Gasteiger partial charge in [0.15, 0.2) is 5.82 Å². The molecule has 6 heteroatoms. The molecular formula is C13H20N4OS. The van der Waals surface area contributed by atoms with Gasteiger partial charge < -0.3 is 9.84 Å². The summed E-state index contributed by atoms with van der Waals surface area (Å²) in [5.41, 5.74) is 1.13. The molecule has 0 fully saturated rings. The van der Waals surface area contributed by atoms with Gasteiger partial charge in [0.25, 0.3) is 0 Å². The molecule has 19 heavy (non-hydrogen) atoms. The molecule has 2 aromatic heterocycles. The summed E-state index contributed by atoms with van der Waals surface area (Å²) in [7, 11) is 0. The third-order valence-corrected chi connectivity index (χ3v) is 4.42. The van der Waals surface area contributed by atoms with E-state index < -0.39 is 0 Å². The zero-order valence-electron chi connectivity index (χ0n) is 11.9. The molecule has 0 spiro atoms. The first-order valence-electron chi connectivity index (χ1n) is 6.59. The van der Waals surface area contributed by atoms with Gasteiger partial charge in [0.05, 0.1) is 10.7 Å². The Bertz CT molecular complexity index is 534. The Balaban J connectivity index is 1.86. The van der Waals surface area contributed by atoms with E-state index in [2.05, 4.69) is 41.2 Å². The highest BCUT2D eigenvalue weighted by molar-refractivity contribution is 7.11. The van der Waals surface area contributed by atoms with Crippen LogP contribution in [0.5, 0.6) is 0 Å². The summed E-state index contributed by atoms with van der Waals surface area (Å²) >= 11 is 1.79. The lowest BCUT2D eigenvalue weighted by Gasteiger charge is -2.11. The highest BCUT2D eigenvalue weighted by atomic mass is 32.1. The lowest BCUT2D eigenvalue weighted by atomic mass is 10.2. The molecule has 0 amide bonds. The van der Waals surface area contributed by atoms with Crippen LogP contribution in [-0.2, 0) is 12.8 Å². The van der Waals surface area contributed by atoms with Crippen LogP contribution < -0.4 is 5.32 Å². The number of aryl methyl sites for hydroxylation is 3. The first kappa shape index (κ1) is 14.1. The van der Waals surface area contributed by atoms with Crippen LogP contribution in [0.4, 0.5) is 0 Å². The second-order valence-electron chi connectivity index (χ2n) is 4.57. The molecule has 0 aliphatic carbocycles. The topological polar surface area (TPSA) is 63.8 Å². The van der Waals surface area contributed by atoms with Crippen LogP contribution in [0.15, 0.2) is 4.52 Å². The van der Waals surface area contributed by atoms with Crippen molar-refractivity contribution >= 4 is 11.3 Å². The fourth-order valence-electron chi connectivity index (χ4n) is 1.95. The molecule has 0 unspecified atom stereocenters. The minimum atomic E-state index is 0.307. The molecule has 5 nitrogen and oxygen atoms in total. The van der Waals surface area contributed by atoms with Gasteiger partial charge in [0.1, 0.15) is 0 Å². The number of rotatable bonds is 6. The van der Waals surface area contributed by atoms with Gasteiger partial charge in [0.2, 0.25) is 5.89 Å². The Morgan fingerprint density at radius 2 is 2.11 bits per heavy atom. The number of hydrogen-bond donors (Lipinski definition) is 1. The van der Waals surface area contributed by atoms with E-state index in [1.807, 2.05) is 6.92 Å². The summed E-state index contributed by atoms with van der Waals surface area (Å²) in [5, 5.41) is 8.46. The van der Waals surface area contributed by atoms with Crippen molar-refractivity contribution in [3.8, 4) is 0 Å². The maximum Gasteiger partial charge on any atom is 0.227 e. The first-order valence-corrected chi connectivity index (χ1v) is 7.40. The van der Waals surface area contributed by atoms with E-state index in [1.54, 1.807) is 11.3 Å². The van der Waals surface area contributed by atoms with Gasteiger partial charge in [-0.3, -0.25) is 0 Å². The van der Waals surface area contributed by atoms with Crippen molar-refractivity contribution in [1.82, 2.24) is 20.4 Å². The summed E-state index contributed by atoms with van der Waals surface area (Å²) in [6.07, 6.45) is 1.75. The zero-order valence-corrected chi connectivity index (χ0v) is 12.7. The largest absolute Gasteiger partial charge is 0.339 e. The Morgan fingerprint density at radius 3 is 2.68 bits per heavy atom. The van der Waals surface area contributed by atoms with Gasteiger partial charge in [-0.05, 0) is 27.2 Å². The third-order valence-electron chi connectivity index (χ3n) is 2.93. The minimum absolute atomic E-state index is 0.307. The van der Waals surface area contributed by atoms with Crippen LogP contribution in [0, 0.1) is 13.8 Å². The second kappa shape index (κ2) is 6.25. The standard InChI is InChI=1S/C13H20N4OS/c1-5-12-15-9(3)13(19-12)8(2)14-7-6-11-16-10(4)17-18-11/h8,14H,5-7H2,1-4H3/t8-/m0/s1. The van der Waals surface area contributed by atoms with Crippen LogP contribution in [0.1, 0.15) is 47.2 Å². The monoisotopic (exact) mass is 280 g/mol. The van der Waals surface area contributed by atoms with Gasteiger partial charge in [-0.25, -0.2) is 4.98 Å². The fourth-order valence-corrected chi connectivity index (χ4v) is 2.98. The summed E-state index contributed by atoms with van der Waals surface area (Å²) in [4.78, 5) is 10.1. The van der Waals surface area contributed by atoms with Crippen molar-refractivity contribution < 1.29 is 4.52 Å². The van der Waals surface area contributed by atoms with Crippen molar-refractivity contribution in [3.63, 3.8) is 0 Å². The van der Waals surface area contributed by atoms with Crippen molar-refractivity contribution in [2.75, 3.05) is 6.54 Å². The molecule has 2 rings (SSSR count). The average molecular weight is 280 g/mol. The van der Waals surface area contributed by atoms with E-state index in [0.29, 0.717) is 17.8 Å². The highest BCUT2D eigenvalue weighted by Crippen LogP contribution is 2.25. The van der Waals surface area contributed by atoms with Crippen molar-refractivity contribution in [2.45, 2.75) is 46.6 Å². The molecule has 0 aromatic carbocycles. The summed E-state index contributed by atoms with van der Waals surface area (Å²) in [6, 6.07) is 0.307. The number of nitrogens with zero attached hydrogens (tertiary/aromatic N) is 3. The lowest BCUT2D eigenvalue weighted by molar-refractivity contribution is 0.370. The minimum Gasteiger partial charge on any atom is -0.339 e. The van der Waals surface area contributed by atoms with E-state index >= 15 is 0 Å². The average Bonchev–Trinajstić information content (AvgIpc) is 2.95. The molecule has 0 bridgehead atoms. The Labute approximate surface area is 117 Å². The quantitative estimate of drug-likeness (QED) is 0.881. The zero-order chi connectivity index (χ0) is 13.8. The van der Waals surface area contributed by atoms with Crippen LogP contribution in [0.3, 0.4) is 0 Å². The van der Waals surface area contributed by atoms with E-state index in [1.165, 1.54) is 9.88 Å². The number of hydrogen-bond acceptors (Lipinski definition) is 6. The fraction of sp³-hybridized carbons (Fsp3) is 0.615. The molecule has 1 atom stereocenters. The normalized spacial score (nSPS) is 12.8. The van der Waals surface area contributed by atoms with Crippen molar-refractivity contribution in [2.24, 2.45) is 0 Å². The molecule has 0 aliphatic heterocycles. The predicted octanol–water partition coefficient (Wildman–Crippen LogP) is 2.60. The Kier molecular flexibility index (Phi) is 4.66. The SMILES string of the molecule is CCc1nc(C)c([C@H](C)NCCc2nc(C)no2)s1. The van der Waals surface area contributed by atoms with E-state index in [0.717, 1.165) is 25.1 Å².